The summed E-state index contributed by atoms with van der Waals surface area (Å²) in [5, 5.41) is 3.63. The zero-order valence-electron chi connectivity index (χ0n) is 12.7. The molecule has 1 fully saturated rings. The van der Waals surface area contributed by atoms with Crippen molar-refractivity contribution in [3.8, 4) is 0 Å². The van der Waals surface area contributed by atoms with Gasteiger partial charge in [-0.3, -0.25) is 0 Å². The van der Waals surface area contributed by atoms with E-state index in [9.17, 15) is 0 Å². The van der Waals surface area contributed by atoms with Crippen molar-refractivity contribution in [1.82, 2.24) is 15.1 Å². The predicted octanol–water partition coefficient (Wildman–Crippen LogP) is 1.96. The molecule has 0 bridgehead atoms. The number of likely N-dealkylation sites (N-methyl/N-ethyl adjacent to an activating group) is 2. The second kappa shape index (κ2) is 7.93. The summed E-state index contributed by atoms with van der Waals surface area (Å²) in [5.41, 5.74) is 1.30. The van der Waals surface area contributed by atoms with Crippen molar-refractivity contribution in [1.29, 1.82) is 0 Å². The van der Waals surface area contributed by atoms with Gasteiger partial charge in [-0.25, -0.2) is 0 Å². The van der Waals surface area contributed by atoms with Gasteiger partial charge in [-0.1, -0.05) is 12.5 Å². The van der Waals surface area contributed by atoms with Crippen LogP contribution in [-0.2, 0) is 0 Å². The zero-order chi connectivity index (χ0) is 13.5. The smallest absolute Gasteiger partial charge is 0.0235 e. The van der Waals surface area contributed by atoms with Crippen molar-refractivity contribution in [2.75, 3.05) is 40.3 Å². The fourth-order valence-corrected chi connectivity index (χ4v) is 2.70. The Morgan fingerprint density at radius 1 is 1.39 bits per heavy atom. The van der Waals surface area contributed by atoms with Gasteiger partial charge in [-0.05, 0) is 46.8 Å². The average molecular weight is 253 g/mol. The van der Waals surface area contributed by atoms with Crippen LogP contribution in [0.4, 0.5) is 0 Å². The van der Waals surface area contributed by atoms with Gasteiger partial charge in [0.1, 0.15) is 0 Å². The lowest BCUT2D eigenvalue weighted by molar-refractivity contribution is 0.100. The normalized spacial score (nSPS) is 24.1. The molecular weight excluding hydrogens is 222 g/mol. The Hall–Kier alpha value is -0.380. The van der Waals surface area contributed by atoms with Crippen molar-refractivity contribution >= 4 is 0 Å². The number of rotatable bonds is 7. The van der Waals surface area contributed by atoms with Crippen molar-refractivity contribution in [2.45, 2.75) is 45.2 Å². The van der Waals surface area contributed by atoms with Gasteiger partial charge >= 0.3 is 0 Å². The van der Waals surface area contributed by atoms with E-state index in [2.05, 4.69) is 49.6 Å². The highest BCUT2D eigenvalue weighted by molar-refractivity contribution is 4.91. The molecule has 2 unspecified atom stereocenters. The Bertz CT molecular complexity index is 252. The van der Waals surface area contributed by atoms with Crippen molar-refractivity contribution < 1.29 is 0 Å². The second-order valence-electron chi connectivity index (χ2n) is 5.88. The SMILES string of the molecule is C=C(C)CCC(CC1CN(C)CCN1C)NCC. The fraction of sp³-hybridized carbons (Fsp3) is 0.867. The molecule has 0 radical (unpaired) electrons. The highest BCUT2D eigenvalue weighted by Gasteiger charge is 2.24. The van der Waals surface area contributed by atoms with Gasteiger partial charge in [0, 0.05) is 31.7 Å². The standard InChI is InChI=1S/C15H31N3/c1-6-16-14(8-7-13(2)3)11-15-12-17(4)9-10-18(15)5/h14-16H,2,6-12H2,1,3-5H3. The highest BCUT2D eigenvalue weighted by atomic mass is 15.3. The zero-order valence-corrected chi connectivity index (χ0v) is 12.7. The molecule has 1 saturated heterocycles. The van der Waals surface area contributed by atoms with E-state index in [1.807, 2.05) is 0 Å². The second-order valence-corrected chi connectivity index (χ2v) is 5.88. The molecule has 0 saturated carbocycles. The third-order valence-corrected chi connectivity index (χ3v) is 3.95. The van der Waals surface area contributed by atoms with Crippen molar-refractivity contribution in [2.24, 2.45) is 0 Å². The molecular formula is C15H31N3. The first-order valence-corrected chi connectivity index (χ1v) is 7.29. The molecule has 0 aromatic rings. The lowest BCUT2D eigenvalue weighted by Gasteiger charge is -2.39. The Morgan fingerprint density at radius 3 is 2.72 bits per heavy atom. The molecule has 0 spiro atoms. The molecule has 106 valence electrons. The van der Waals surface area contributed by atoms with Gasteiger partial charge < -0.3 is 15.1 Å². The van der Waals surface area contributed by atoms with E-state index in [1.54, 1.807) is 0 Å². The molecule has 2 atom stereocenters. The lowest BCUT2D eigenvalue weighted by Crippen LogP contribution is -2.52. The molecule has 18 heavy (non-hydrogen) atoms. The summed E-state index contributed by atoms with van der Waals surface area (Å²) in [7, 11) is 4.50. The molecule has 0 aromatic heterocycles. The minimum Gasteiger partial charge on any atom is -0.314 e. The van der Waals surface area contributed by atoms with Crippen molar-refractivity contribution in [3.05, 3.63) is 12.2 Å². The molecule has 1 N–H and O–H groups in total. The van der Waals surface area contributed by atoms with Gasteiger partial charge in [0.05, 0.1) is 0 Å². The number of nitrogens with one attached hydrogen (secondary N) is 1. The fourth-order valence-electron chi connectivity index (χ4n) is 2.70. The largest absolute Gasteiger partial charge is 0.314 e. The molecule has 0 amide bonds. The topological polar surface area (TPSA) is 18.5 Å². The Kier molecular flexibility index (Phi) is 6.90. The van der Waals surface area contributed by atoms with Gasteiger partial charge in [0.25, 0.3) is 0 Å². The van der Waals surface area contributed by atoms with Crippen molar-refractivity contribution in [3.63, 3.8) is 0 Å². The summed E-state index contributed by atoms with van der Waals surface area (Å²) < 4.78 is 0. The summed E-state index contributed by atoms with van der Waals surface area (Å²) in [6, 6.07) is 1.32. The minimum atomic E-state index is 0.630. The summed E-state index contributed by atoms with van der Waals surface area (Å²) in [5.74, 6) is 0. The number of hydrogen-bond donors (Lipinski definition) is 1. The molecule has 1 rings (SSSR count). The maximum absolute atomic E-state index is 4.01. The first-order valence-electron chi connectivity index (χ1n) is 7.29. The monoisotopic (exact) mass is 253 g/mol. The Labute approximate surface area is 113 Å². The van der Waals surface area contributed by atoms with E-state index in [1.165, 1.54) is 38.0 Å². The van der Waals surface area contributed by atoms with E-state index >= 15 is 0 Å². The molecule has 1 aliphatic rings. The van der Waals surface area contributed by atoms with Gasteiger partial charge in [0.2, 0.25) is 0 Å². The van der Waals surface area contributed by atoms with Crippen LogP contribution in [-0.4, -0.2) is 62.2 Å². The maximum Gasteiger partial charge on any atom is 0.0235 e. The van der Waals surface area contributed by atoms with Gasteiger partial charge in [0.15, 0.2) is 0 Å². The van der Waals surface area contributed by atoms with Crippen LogP contribution in [0.15, 0.2) is 12.2 Å². The predicted molar refractivity (Wildman–Crippen MR) is 80.0 cm³/mol. The van der Waals surface area contributed by atoms with Crippen LogP contribution in [0.3, 0.4) is 0 Å². The third kappa shape index (κ3) is 5.51. The number of nitrogens with zero attached hydrogens (tertiary/aromatic N) is 2. The number of allylic oxidation sites excluding steroid dienone is 1. The number of piperazine rings is 1. The summed E-state index contributed by atoms with van der Waals surface area (Å²) >= 11 is 0. The van der Waals surface area contributed by atoms with E-state index in [-0.39, 0.29) is 0 Å². The first kappa shape index (κ1) is 15.7. The van der Waals surface area contributed by atoms with Crippen LogP contribution in [0.25, 0.3) is 0 Å². The van der Waals surface area contributed by atoms with Crippen LogP contribution in [0.5, 0.6) is 0 Å². The molecule has 0 aromatic carbocycles. The van der Waals surface area contributed by atoms with E-state index < -0.39 is 0 Å². The first-order chi connectivity index (χ1) is 8.52. The Morgan fingerprint density at radius 2 is 2.11 bits per heavy atom. The van der Waals surface area contributed by atoms with Crippen LogP contribution in [0.1, 0.15) is 33.1 Å². The minimum absolute atomic E-state index is 0.630. The highest BCUT2D eigenvalue weighted by Crippen LogP contribution is 2.15. The average Bonchev–Trinajstić information content (AvgIpc) is 2.31. The molecule has 1 heterocycles. The van der Waals surface area contributed by atoms with E-state index in [0.717, 1.165) is 13.0 Å². The van der Waals surface area contributed by atoms with Gasteiger partial charge in [-0.15, -0.1) is 6.58 Å². The van der Waals surface area contributed by atoms with Crippen LogP contribution in [0, 0.1) is 0 Å². The lowest BCUT2D eigenvalue weighted by atomic mass is 9.98. The maximum atomic E-state index is 4.01. The van der Waals surface area contributed by atoms with Crippen LogP contribution >= 0.6 is 0 Å². The Balaban J connectivity index is 2.44. The van der Waals surface area contributed by atoms with Crippen LogP contribution < -0.4 is 5.32 Å². The quantitative estimate of drug-likeness (QED) is 0.700. The molecule has 3 heteroatoms. The number of hydrogen-bond acceptors (Lipinski definition) is 3. The van der Waals surface area contributed by atoms with Crippen LogP contribution in [0.2, 0.25) is 0 Å². The summed E-state index contributed by atoms with van der Waals surface area (Å²) in [6.07, 6.45) is 3.61. The summed E-state index contributed by atoms with van der Waals surface area (Å²) in [6.45, 7) is 13.0. The van der Waals surface area contributed by atoms with Gasteiger partial charge in [-0.2, -0.15) is 0 Å². The van der Waals surface area contributed by atoms with E-state index in [0.29, 0.717) is 12.1 Å². The third-order valence-electron chi connectivity index (χ3n) is 3.95. The molecule has 3 nitrogen and oxygen atoms in total. The molecule has 0 aliphatic carbocycles. The van der Waals surface area contributed by atoms with E-state index in [4.69, 9.17) is 0 Å². The summed E-state index contributed by atoms with van der Waals surface area (Å²) in [4.78, 5) is 4.97. The molecule has 1 aliphatic heterocycles.